The summed E-state index contributed by atoms with van der Waals surface area (Å²) in [5.74, 6) is 0.759. The molecule has 1 heterocycles. The van der Waals surface area contributed by atoms with E-state index in [4.69, 9.17) is 0 Å². The van der Waals surface area contributed by atoms with Gasteiger partial charge in [-0.1, -0.05) is 34.1 Å². The van der Waals surface area contributed by atoms with Gasteiger partial charge in [-0.05, 0) is 26.8 Å². The second-order valence-corrected chi connectivity index (χ2v) is 6.38. The third-order valence-electron chi connectivity index (χ3n) is 2.02. The summed E-state index contributed by atoms with van der Waals surface area (Å²) in [7, 11) is 0. The average Bonchev–Trinajstić information content (AvgIpc) is 2.64. The first-order valence-electron chi connectivity index (χ1n) is 5.32. The maximum atomic E-state index is 4.49. The Hall–Kier alpha value is -0.940. The predicted molar refractivity (Wildman–Crippen MR) is 76.4 cm³/mol. The van der Waals surface area contributed by atoms with Crippen molar-refractivity contribution in [1.29, 1.82) is 0 Å². The van der Waals surface area contributed by atoms with Crippen LogP contribution < -0.4 is 5.32 Å². The Kier molecular flexibility index (Phi) is 3.49. The van der Waals surface area contributed by atoms with Crippen LogP contribution in [0.15, 0.2) is 28.7 Å². The third-order valence-corrected chi connectivity index (χ3v) is 3.34. The Labute approximate surface area is 114 Å². The van der Waals surface area contributed by atoms with Crippen LogP contribution in [0.3, 0.4) is 0 Å². The van der Waals surface area contributed by atoms with Gasteiger partial charge in [0, 0.05) is 27.1 Å². The van der Waals surface area contributed by atoms with E-state index >= 15 is 0 Å². The van der Waals surface area contributed by atoms with Gasteiger partial charge in [-0.2, -0.15) is 9.36 Å². The molecule has 2 aromatic rings. The van der Waals surface area contributed by atoms with Gasteiger partial charge in [-0.25, -0.2) is 0 Å². The molecule has 0 aliphatic rings. The van der Waals surface area contributed by atoms with E-state index in [9.17, 15) is 0 Å². The van der Waals surface area contributed by atoms with Crippen molar-refractivity contribution < 1.29 is 0 Å². The van der Waals surface area contributed by atoms with Crippen LogP contribution in [-0.2, 0) is 0 Å². The lowest BCUT2D eigenvalue weighted by Crippen LogP contribution is -2.25. The number of hydrogen-bond donors (Lipinski definition) is 1. The van der Waals surface area contributed by atoms with Gasteiger partial charge in [0.05, 0.1) is 0 Å². The summed E-state index contributed by atoms with van der Waals surface area (Å²) >= 11 is 4.89. The summed E-state index contributed by atoms with van der Waals surface area (Å²) < 4.78 is 5.38. The molecule has 0 bridgehead atoms. The number of anilines is 1. The minimum atomic E-state index is 0.00469. The highest BCUT2D eigenvalue weighted by atomic mass is 79.9. The fourth-order valence-corrected chi connectivity index (χ4v) is 2.60. The second-order valence-electron chi connectivity index (χ2n) is 4.78. The van der Waals surface area contributed by atoms with Crippen molar-refractivity contribution in [1.82, 2.24) is 9.36 Å². The van der Waals surface area contributed by atoms with Gasteiger partial charge in [-0.3, -0.25) is 0 Å². The van der Waals surface area contributed by atoms with Crippen LogP contribution in [0.25, 0.3) is 11.4 Å². The number of rotatable bonds is 2. The van der Waals surface area contributed by atoms with Crippen molar-refractivity contribution >= 4 is 32.6 Å². The zero-order valence-corrected chi connectivity index (χ0v) is 12.4. The molecular weight excluding hydrogens is 298 g/mol. The quantitative estimate of drug-likeness (QED) is 0.904. The van der Waals surface area contributed by atoms with Gasteiger partial charge in [0.15, 0.2) is 5.82 Å². The molecule has 0 amide bonds. The predicted octanol–water partition coefficient (Wildman–Crippen LogP) is 4.18. The number of halogens is 1. The van der Waals surface area contributed by atoms with Gasteiger partial charge < -0.3 is 5.32 Å². The highest BCUT2D eigenvalue weighted by Crippen LogP contribution is 2.28. The molecule has 1 N–H and O–H groups in total. The van der Waals surface area contributed by atoms with Crippen LogP contribution in [0.4, 0.5) is 5.13 Å². The molecule has 2 rings (SSSR count). The first-order chi connectivity index (χ1) is 7.96. The smallest absolute Gasteiger partial charge is 0.203 e. The molecule has 1 aromatic heterocycles. The van der Waals surface area contributed by atoms with Gasteiger partial charge in [-0.15, -0.1) is 0 Å². The number of nitrogens with one attached hydrogen (secondary N) is 1. The van der Waals surface area contributed by atoms with Gasteiger partial charge in [0.1, 0.15) is 0 Å². The number of nitrogens with zero attached hydrogens (tertiary/aromatic N) is 2. The molecule has 1 aromatic carbocycles. The van der Waals surface area contributed by atoms with E-state index in [0.717, 1.165) is 21.0 Å². The van der Waals surface area contributed by atoms with Crippen LogP contribution in [0, 0.1) is 0 Å². The standard InChI is InChI=1S/C12H14BrN3S/c1-12(2,3)15-11-14-10(16-17-11)8-6-4-5-7-9(8)13/h4-7H,1-3H3,(H,14,15,16). The van der Waals surface area contributed by atoms with Gasteiger partial charge in [0.25, 0.3) is 0 Å². The minimum Gasteiger partial charge on any atom is -0.356 e. The molecule has 0 radical (unpaired) electrons. The van der Waals surface area contributed by atoms with Crippen molar-refractivity contribution in [2.75, 3.05) is 5.32 Å². The largest absolute Gasteiger partial charge is 0.356 e. The molecule has 0 aliphatic heterocycles. The highest BCUT2D eigenvalue weighted by Gasteiger charge is 2.14. The number of aromatic nitrogens is 2. The van der Waals surface area contributed by atoms with Gasteiger partial charge in [0.2, 0.25) is 5.13 Å². The van der Waals surface area contributed by atoms with Crippen molar-refractivity contribution in [3.8, 4) is 11.4 Å². The molecular formula is C12H14BrN3S. The number of benzene rings is 1. The van der Waals surface area contributed by atoms with Crippen LogP contribution in [-0.4, -0.2) is 14.9 Å². The summed E-state index contributed by atoms with van der Waals surface area (Å²) in [6, 6.07) is 7.96. The molecule has 0 atom stereocenters. The summed E-state index contributed by atoms with van der Waals surface area (Å²) in [6.45, 7) is 6.31. The Bertz CT molecular complexity index is 516. The van der Waals surface area contributed by atoms with Crippen LogP contribution >= 0.6 is 27.5 Å². The van der Waals surface area contributed by atoms with Crippen molar-refractivity contribution in [2.45, 2.75) is 26.3 Å². The summed E-state index contributed by atoms with van der Waals surface area (Å²) in [5, 5.41) is 4.17. The summed E-state index contributed by atoms with van der Waals surface area (Å²) in [5.41, 5.74) is 1.02. The normalized spacial score (nSPS) is 11.5. The highest BCUT2D eigenvalue weighted by molar-refractivity contribution is 9.10. The molecule has 0 fully saturated rings. The lowest BCUT2D eigenvalue weighted by atomic mass is 10.1. The zero-order chi connectivity index (χ0) is 12.5. The molecule has 90 valence electrons. The van der Waals surface area contributed by atoms with Crippen molar-refractivity contribution in [2.24, 2.45) is 0 Å². The molecule has 0 saturated heterocycles. The topological polar surface area (TPSA) is 37.8 Å². The fourth-order valence-electron chi connectivity index (χ4n) is 1.35. The third kappa shape index (κ3) is 3.26. The molecule has 3 nitrogen and oxygen atoms in total. The molecule has 5 heteroatoms. The molecule has 0 spiro atoms. The Morgan fingerprint density at radius 3 is 2.59 bits per heavy atom. The monoisotopic (exact) mass is 311 g/mol. The Morgan fingerprint density at radius 1 is 1.24 bits per heavy atom. The molecule has 0 saturated carbocycles. The molecule has 0 aliphatic carbocycles. The first-order valence-corrected chi connectivity index (χ1v) is 6.89. The maximum absolute atomic E-state index is 4.49. The fraction of sp³-hybridized carbons (Fsp3) is 0.333. The van der Waals surface area contributed by atoms with E-state index in [1.807, 2.05) is 24.3 Å². The summed E-state index contributed by atoms with van der Waals surface area (Å²) in [6.07, 6.45) is 0. The van der Waals surface area contributed by atoms with E-state index in [0.29, 0.717) is 0 Å². The second kappa shape index (κ2) is 4.74. The Balaban J connectivity index is 2.28. The lowest BCUT2D eigenvalue weighted by molar-refractivity contribution is 0.633. The van der Waals surface area contributed by atoms with Crippen LogP contribution in [0.5, 0.6) is 0 Å². The van der Waals surface area contributed by atoms with E-state index in [-0.39, 0.29) is 5.54 Å². The van der Waals surface area contributed by atoms with Gasteiger partial charge >= 0.3 is 0 Å². The van der Waals surface area contributed by atoms with Crippen LogP contribution in [0.2, 0.25) is 0 Å². The Morgan fingerprint density at radius 2 is 1.94 bits per heavy atom. The van der Waals surface area contributed by atoms with Crippen LogP contribution in [0.1, 0.15) is 20.8 Å². The molecule has 17 heavy (non-hydrogen) atoms. The number of hydrogen-bond acceptors (Lipinski definition) is 4. The van der Waals surface area contributed by atoms with E-state index in [1.165, 1.54) is 11.5 Å². The maximum Gasteiger partial charge on any atom is 0.203 e. The zero-order valence-electron chi connectivity index (χ0n) is 9.99. The van der Waals surface area contributed by atoms with E-state index < -0.39 is 0 Å². The van der Waals surface area contributed by atoms with E-state index in [1.54, 1.807) is 0 Å². The minimum absolute atomic E-state index is 0.00469. The average molecular weight is 312 g/mol. The van der Waals surface area contributed by atoms with Crippen molar-refractivity contribution in [3.05, 3.63) is 28.7 Å². The first kappa shape index (κ1) is 12.5. The van der Waals surface area contributed by atoms with Crippen molar-refractivity contribution in [3.63, 3.8) is 0 Å². The molecule has 0 unspecified atom stereocenters. The lowest BCUT2D eigenvalue weighted by Gasteiger charge is -2.18. The van der Waals surface area contributed by atoms with E-state index in [2.05, 4.69) is 51.4 Å². The SMILES string of the molecule is CC(C)(C)Nc1nc(-c2ccccc2Br)ns1. The summed E-state index contributed by atoms with van der Waals surface area (Å²) in [4.78, 5) is 4.49.